The van der Waals surface area contributed by atoms with Gasteiger partial charge in [-0.3, -0.25) is 4.98 Å². The minimum atomic E-state index is -2.58. The predicted molar refractivity (Wildman–Crippen MR) is 83.7 cm³/mol. The summed E-state index contributed by atoms with van der Waals surface area (Å²) in [6.07, 6.45) is -1.23. The summed E-state index contributed by atoms with van der Waals surface area (Å²) in [5, 5.41) is 0. The van der Waals surface area contributed by atoms with Crippen molar-refractivity contribution in [2.24, 2.45) is 0 Å². The largest absolute Gasteiger partial charge is 0.444 e. The van der Waals surface area contributed by atoms with Crippen LogP contribution in [0.15, 0.2) is 12.1 Å². The average Bonchev–Trinajstić information content (AvgIpc) is 2.45. The van der Waals surface area contributed by atoms with Gasteiger partial charge in [-0.25, -0.2) is 13.6 Å². The van der Waals surface area contributed by atoms with Gasteiger partial charge in [0.1, 0.15) is 11.3 Å². The third kappa shape index (κ3) is 4.88. The fourth-order valence-electron chi connectivity index (χ4n) is 2.81. The molecule has 0 aromatic carbocycles. The van der Waals surface area contributed by atoms with Crippen molar-refractivity contribution in [3.05, 3.63) is 29.1 Å². The Morgan fingerprint density at radius 3 is 2.70 bits per heavy atom. The van der Waals surface area contributed by atoms with Crippen molar-refractivity contribution < 1.29 is 18.3 Å². The molecule has 6 heteroatoms. The van der Waals surface area contributed by atoms with Crippen LogP contribution in [0.1, 0.15) is 62.9 Å². The number of ether oxygens (including phenoxy) is 1. The maximum absolute atomic E-state index is 12.9. The Bertz CT molecular complexity index is 570. The molecule has 1 saturated heterocycles. The zero-order valence-corrected chi connectivity index (χ0v) is 14.1. The highest BCUT2D eigenvalue weighted by Crippen LogP contribution is 2.30. The Morgan fingerprint density at radius 1 is 1.39 bits per heavy atom. The van der Waals surface area contributed by atoms with Crippen LogP contribution in [0.4, 0.5) is 13.6 Å². The number of halogens is 2. The second-order valence-corrected chi connectivity index (χ2v) is 7.03. The molecule has 1 atom stereocenters. The van der Waals surface area contributed by atoms with Gasteiger partial charge in [-0.2, -0.15) is 0 Å². The van der Waals surface area contributed by atoms with Crippen LogP contribution in [-0.4, -0.2) is 34.7 Å². The lowest BCUT2D eigenvalue weighted by molar-refractivity contribution is 0.0198. The van der Waals surface area contributed by atoms with E-state index in [-0.39, 0.29) is 17.7 Å². The van der Waals surface area contributed by atoms with E-state index in [9.17, 15) is 13.6 Å². The first-order chi connectivity index (χ1) is 10.7. The third-order valence-corrected chi connectivity index (χ3v) is 3.76. The lowest BCUT2D eigenvalue weighted by Gasteiger charge is -2.34. The Morgan fingerprint density at radius 2 is 2.09 bits per heavy atom. The van der Waals surface area contributed by atoms with Gasteiger partial charge in [-0.15, -0.1) is 0 Å². The lowest BCUT2D eigenvalue weighted by atomic mass is 9.90. The predicted octanol–water partition coefficient (Wildman–Crippen LogP) is 4.44. The van der Waals surface area contributed by atoms with Crippen LogP contribution in [-0.2, 0) is 4.74 Å². The quantitative estimate of drug-likeness (QED) is 0.807. The van der Waals surface area contributed by atoms with E-state index in [2.05, 4.69) is 4.98 Å². The summed E-state index contributed by atoms with van der Waals surface area (Å²) in [4.78, 5) is 17.7. The number of likely N-dealkylation sites (tertiary alicyclic amines) is 1. The van der Waals surface area contributed by atoms with Crippen molar-refractivity contribution in [3.8, 4) is 0 Å². The van der Waals surface area contributed by atoms with Crippen molar-refractivity contribution in [2.75, 3.05) is 13.1 Å². The van der Waals surface area contributed by atoms with E-state index in [0.29, 0.717) is 18.8 Å². The first-order valence-corrected chi connectivity index (χ1v) is 7.90. The summed E-state index contributed by atoms with van der Waals surface area (Å²) in [5.41, 5.74) is 0.655. The number of amides is 1. The molecule has 4 nitrogen and oxygen atoms in total. The highest BCUT2D eigenvalue weighted by Gasteiger charge is 2.29. The molecule has 1 aliphatic rings. The smallest absolute Gasteiger partial charge is 0.410 e. The van der Waals surface area contributed by atoms with Gasteiger partial charge in [0.05, 0.1) is 0 Å². The Kier molecular flexibility index (Phi) is 5.22. The maximum atomic E-state index is 12.9. The summed E-state index contributed by atoms with van der Waals surface area (Å²) >= 11 is 0. The minimum Gasteiger partial charge on any atom is -0.444 e. The van der Waals surface area contributed by atoms with E-state index < -0.39 is 12.0 Å². The van der Waals surface area contributed by atoms with Crippen molar-refractivity contribution in [2.45, 2.75) is 58.5 Å². The van der Waals surface area contributed by atoms with Crippen LogP contribution in [0.3, 0.4) is 0 Å². The molecule has 2 heterocycles. The molecule has 1 unspecified atom stereocenters. The van der Waals surface area contributed by atoms with Gasteiger partial charge in [-0.05, 0) is 58.2 Å². The lowest BCUT2D eigenvalue weighted by Crippen LogP contribution is -2.42. The molecule has 1 aromatic rings. The number of aryl methyl sites for hydroxylation is 1. The fraction of sp³-hybridized carbons (Fsp3) is 0.647. The number of hydrogen-bond acceptors (Lipinski definition) is 3. The molecule has 128 valence electrons. The monoisotopic (exact) mass is 326 g/mol. The average molecular weight is 326 g/mol. The number of carbonyl (C=O) groups is 1. The van der Waals surface area contributed by atoms with E-state index in [1.165, 1.54) is 6.07 Å². The molecule has 1 aromatic heterocycles. The summed E-state index contributed by atoms with van der Waals surface area (Å²) in [6, 6.07) is 3.29. The Hall–Kier alpha value is -1.72. The van der Waals surface area contributed by atoms with E-state index in [4.69, 9.17) is 4.74 Å². The van der Waals surface area contributed by atoms with E-state index in [1.54, 1.807) is 11.8 Å². The molecule has 1 fully saturated rings. The molecular weight excluding hydrogens is 302 g/mol. The normalized spacial score (nSPS) is 19.1. The van der Waals surface area contributed by atoms with Crippen LogP contribution in [0.2, 0.25) is 0 Å². The number of aromatic nitrogens is 1. The molecule has 1 amide bonds. The summed E-state index contributed by atoms with van der Waals surface area (Å²) in [6.45, 7) is 8.32. The number of piperidine rings is 1. The molecule has 0 bridgehead atoms. The minimum absolute atomic E-state index is 0.0375. The summed E-state index contributed by atoms with van der Waals surface area (Å²) < 4.78 is 31.3. The molecule has 23 heavy (non-hydrogen) atoms. The number of rotatable bonds is 2. The molecular formula is C17H24F2N2O2. The van der Waals surface area contributed by atoms with Gasteiger partial charge >= 0.3 is 6.09 Å². The fourth-order valence-corrected chi connectivity index (χ4v) is 2.81. The van der Waals surface area contributed by atoms with E-state index >= 15 is 0 Å². The van der Waals surface area contributed by atoms with Gasteiger partial charge in [0.15, 0.2) is 0 Å². The second-order valence-electron chi connectivity index (χ2n) is 7.03. The van der Waals surface area contributed by atoms with Gasteiger partial charge in [0, 0.05) is 24.7 Å². The van der Waals surface area contributed by atoms with Crippen molar-refractivity contribution in [1.29, 1.82) is 0 Å². The van der Waals surface area contributed by atoms with Crippen LogP contribution in [0.5, 0.6) is 0 Å². The molecule has 0 radical (unpaired) electrons. The number of alkyl halides is 2. The highest BCUT2D eigenvalue weighted by atomic mass is 19.3. The zero-order valence-electron chi connectivity index (χ0n) is 14.1. The second kappa shape index (κ2) is 6.81. The summed E-state index contributed by atoms with van der Waals surface area (Å²) in [7, 11) is 0. The van der Waals surface area contributed by atoms with Gasteiger partial charge in [0.25, 0.3) is 6.43 Å². The SMILES string of the molecule is Cc1cc(C2CCCN(C(=O)OC(C)(C)C)C2)cc(C(F)F)n1. The first kappa shape index (κ1) is 17.6. The van der Waals surface area contributed by atoms with Gasteiger partial charge in [0.2, 0.25) is 0 Å². The van der Waals surface area contributed by atoms with Gasteiger partial charge < -0.3 is 9.64 Å². The van der Waals surface area contributed by atoms with Crippen LogP contribution < -0.4 is 0 Å². The molecule has 0 N–H and O–H groups in total. The topological polar surface area (TPSA) is 42.4 Å². The summed E-state index contributed by atoms with van der Waals surface area (Å²) in [5.74, 6) is 0.0375. The van der Waals surface area contributed by atoms with Crippen molar-refractivity contribution in [1.82, 2.24) is 9.88 Å². The molecule has 2 rings (SSSR count). The highest BCUT2D eigenvalue weighted by molar-refractivity contribution is 5.68. The first-order valence-electron chi connectivity index (χ1n) is 7.90. The van der Waals surface area contributed by atoms with Crippen LogP contribution in [0.25, 0.3) is 0 Å². The number of pyridine rings is 1. The standard InChI is InChI=1S/C17H24F2N2O2/c1-11-8-13(9-14(20-11)15(18)19)12-6-5-7-21(10-12)16(22)23-17(2,3)4/h8-9,12,15H,5-7,10H2,1-4H3. The van der Waals surface area contributed by atoms with E-state index in [0.717, 1.165) is 18.4 Å². The van der Waals surface area contributed by atoms with E-state index in [1.807, 2.05) is 26.8 Å². The Labute approximate surface area is 135 Å². The third-order valence-electron chi connectivity index (χ3n) is 3.76. The van der Waals surface area contributed by atoms with Gasteiger partial charge in [-0.1, -0.05) is 0 Å². The number of nitrogens with zero attached hydrogens (tertiary/aromatic N) is 2. The maximum Gasteiger partial charge on any atom is 0.410 e. The van der Waals surface area contributed by atoms with Crippen molar-refractivity contribution >= 4 is 6.09 Å². The van der Waals surface area contributed by atoms with Crippen molar-refractivity contribution in [3.63, 3.8) is 0 Å². The number of carbonyl (C=O) groups excluding carboxylic acids is 1. The molecule has 0 spiro atoms. The van der Waals surface area contributed by atoms with Crippen LogP contribution >= 0.6 is 0 Å². The molecule has 0 aliphatic carbocycles. The molecule has 0 saturated carbocycles. The molecule has 1 aliphatic heterocycles. The number of hydrogen-bond donors (Lipinski definition) is 0. The Balaban J connectivity index is 2.14. The zero-order chi connectivity index (χ0) is 17.2. The van der Waals surface area contributed by atoms with Crippen LogP contribution in [0, 0.1) is 6.92 Å².